The summed E-state index contributed by atoms with van der Waals surface area (Å²) < 4.78 is 0. The van der Waals surface area contributed by atoms with Gasteiger partial charge in [0.2, 0.25) is 0 Å². The van der Waals surface area contributed by atoms with Crippen molar-refractivity contribution in [2.45, 2.75) is 85.5 Å². The molecular formula is C20H32OS. The molecule has 0 fully saturated rings. The van der Waals surface area contributed by atoms with Crippen LogP contribution in [0.15, 0.2) is 5.57 Å². The van der Waals surface area contributed by atoms with Gasteiger partial charge >= 0.3 is 0 Å². The number of aldehydes is 1. The predicted molar refractivity (Wildman–Crippen MR) is 100 cm³/mol. The third kappa shape index (κ3) is 5.72. The first-order valence-electron chi connectivity index (χ1n) is 8.76. The Hall–Kier alpha value is -0.890. The van der Waals surface area contributed by atoms with E-state index in [0.29, 0.717) is 5.92 Å². The molecule has 22 heavy (non-hydrogen) atoms. The fourth-order valence-corrected chi connectivity index (χ4v) is 4.18. The van der Waals surface area contributed by atoms with Crippen LogP contribution in [-0.4, -0.2) is 6.29 Å². The van der Waals surface area contributed by atoms with Gasteiger partial charge < -0.3 is 0 Å². The minimum atomic E-state index is 0.424. The number of carbonyl (C=O) groups is 1. The van der Waals surface area contributed by atoms with E-state index in [4.69, 9.17) is 0 Å². The van der Waals surface area contributed by atoms with Gasteiger partial charge in [0.25, 0.3) is 0 Å². The number of hydrogen-bond acceptors (Lipinski definition) is 2. The Labute approximate surface area is 140 Å². The zero-order valence-corrected chi connectivity index (χ0v) is 15.8. The van der Waals surface area contributed by atoms with E-state index in [2.05, 4.69) is 40.7 Å². The van der Waals surface area contributed by atoms with E-state index >= 15 is 0 Å². The van der Waals surface area contributed by atoms with Gasteiger partial charge in [0, 0.05) is 15.3 Å². The molecular weight excluding hydrogens is 288 g/mol. The standard InChI is InChI=1S/C20H32OS/c1-6-7-8-9-10-11-12-17-18(14-21)20(16(4)5)22-19(17)13-15(2)3/h13-14,16H,6-12H2,1-5H3. The largest absolute Gasteiger partial charge is 0.298 e. The Balaban J connectivity index is 2.85. The van der Waals surface area contributed by atoms with Gasteiger partial charge in [0.1, 0.15) is 0 Å². The van der Waals surface area contributed by atoms with Crippen molar-refractivity contribution in [2.75, 3.05) is 0 Å². The first-order valence-corrected chi connectivity index (χ1v) is 9.58. The molecule has 1 rings (SSSR count). The van der Waals surface area contributed by atoms with Crippen molar-refractivity contribution in [1.29, 1.82) is 0 Å². The molecule has 124 valence electrons. The van der Waals surface area contributed by atoms with Crippen molar-refractivity contribution < 1.29 is 4.79 Å². The first kappa shape index (κ1) is 19.2. The second kappa shape index (κ2) is 9.99. The molecule has 0 aliphatic heterocycles. The molecule has 0 bridgehead atoms. The van der Waals surface area contributed by atoms with Crippen LogP contribution in [0.4, 0.5) is 0 Å². The van der Waals surface area contributed by atoms with Gasteiger partial charge in [-0.3, -0.25) is 4.79 Å². The zero-order chi connectivity index (χ0) is 16.5. The SMILES string of the molecule is CCCCCCCCc1c(C=C(C)C)sc(C(C)C)c1C=O. The number of carbonyl (C=O) groups excluding carboxylic acids is 1. The lowest BCUT2D eigenvalue weighted by molar-refractivity contribution is 0.112. The number of rotatable bonds is 10. The van der Waals surface area contributed by atoms with Gasteiger partial charge in [-0.25, -0.2) is 0 Å². The summed E-state index contributed by atoms with van der Waals surface area (Å²) in [4.78, 5) is 14.2. The van der Waals surface area contributed by atoms with Gasteiger partial charge in [0.05, 0.1) is 0 Å². The second-order valence-electron chi connectivity index (χ2n) is 6.73. The lowest BCUT2D eigenvalue weighted by Crippen LogP contribution is -1.95. The quantitative estimate of drug-likeness (QED) is 0.335. The molecule has 0 aliphatic carbocycles. The Morgan fingerprint density at radius 1 is 1.09 bits per heavy atom. The summed E-state index contributed by atoms with van der Waals surface area (Å²) in [5, 5.41) is 0. The third-order valence-electron chi connectivity index (χ3n) is 3.95. The molecule has 0 aliphatic rings. The number of allylic oxidation sites excluding steroid dienone is 1. The normalized spacial score (nSPS) is 11.0. The maximum Gasteiger partial charge on any atom is 0.151 e. The van der Waals surface area contributed by atoms with Crippen molar-refractivity contribution in [3.05, 3.63) is 26.5 Å². The van der Waals surface area contributed by atoms with Crippen molar-refractivity contribution >= 4 is 23.7 Å². The van der Waals surface area contributed by atoms with Crippen LogP contribution in [0.25, 0.3) is 6.08 Å². The van der Waals surface area contributed by atoms with Gasteiger partial charge in [-0.2, -0.15) is 0 Å². The van der Waals surface area contributed by atoms with E-state index < -0.39 is 0 Å². The Morgan fingerprint density at radius 3 is 2.27 bits per heavy atom. The molecule has 1 heterocycles. The van der Waals surface area contributed by atoms with Crippen molar-refractivity contribution in [3.8, 4) is 0 Å². The van der Waals surface area contributed by atoms with E-state index in [0.717, 1.165) is 18.3 Å². The average Bonchev–Trinajstić information content (AvgIpc) is 2.80. The molecule has 0 amide bonds. The highest BCUT2D eigenvalue weighted by atomic mass is 32.1. The van der Waals surface area contributed by atoms with E-state index in [9.17, 15) is 4.79 Å². The molecule has 0 aromatic carbocycles. The molecule has 0 saturated carbocycles. The van der Waals surface area contributed by atoms with E-state index in [1.165, 1.54) is 59.4 Å². The van der Waals surface area contributed by atoms with E-state index in [-0.39, 0.29) is 0 Å². The lowest BCUT2D eigenvalue weighted by Gasteiger charge is -2.05. The maximum atomic E-state index is 11.6. The van der Waals surface area contributed by atoms with Crippen LogP contribution in [0, 0.1) is 0 Å². The zero-order valence-electron chi connectivity index (χ0n) is 15.0. The summed E-state index contributed by atoms with van der Waals surface area (Å²) in [5.41, 5.74) is 3.57. The molecule has 0 N–H and O–H groups in total. The van der Waals surface area contributed by atoms with Crippen LogP contribution < -0.4 is 0 Å². The second-order valence-corrected chi connectivity index (χ2v) is 7.82. The Kier molecular flexibility index (Phi) is 8.70. The van der Waals surface area contributed by atoms with Crippen LogP contribution in [0.2, 0.25) is 0 Å². The fraction of sp³-hybridized carbons (Fsp3) is 0.650. The molecule has 0 spiro atoms. The van der Waals surface area contributed by atoms with Crippen LogP contribution >= 0.6 is 11.3 Å². The number of hydrogen-bond donors (Lipinski definition) is 0. The molecule has 1 aromatic heterocycles. The summed E-state index contributed by atoms with van der Waals surface area (Å²) in [7, 11) is 0. The Morgan fingerprint density at radius 2 is 1.73 bits per heavy atom. The first-order chi connectivity index (χ1) is 10.5. The molecule has 2 heteroatoms. The fourth-order valence-electron chi connectivity index (χ4n) is 2.79. The van der Waals surface area contributed by atoms with Gasteiger partial charge in [-0.05, 0) is 44.2 Å². The van der Waals surface area contributed by atoms with Crippen molar-refractivity contribution in [3.63, 3.8) is 0 Å². The summed E-state index contributed by atoms with van der Waals surface area (Å²) in [5.74, 6) is 0.424. The number of unbranched alkanes of at least 4 members (excludes halogenated alkanes) is 5. The highest BCUT2D eigenvalue weighted by Crippen LogP contribution is 2.35. The number of thiophene rings is 1. The van der Waals surface area contributed by atoms with Crippen LogP contribution in [0.1, 0.15) is 105 Å². The van der Waals surface area contributed by atoms with Crippen LogP contribution in [0.5, 0.6) is 0 Å². The van der Waals surface area contributed by atoms with Gasteiger partial charge in [-0.1, -0.05) is 58.4 Å². The molecule has 0 saturated heterocycles. The minimum absolute atomic E-state index is 0.424. The summed E-state index contributed by atoms with van der Waals surface area (Å²) in [6.45, 7) is 10.9. The maximum absolute atomic E-state index is 11.6. The third-order valence-corrected chi connectivity index (χ3v) is 5.45. The van der Waals surface area contributed by atoms with Crippen LogP contribution in [-0.2, 0) is 6.42 Å². The molecule has 1 aromatic rings. The molecule has 0 radical (unpaired) electrons. The molecule has 0 atom stereocenters. The highest BCUT2D eigenvalue weighted by Gasteiger charge is 2.18. The highest BCUT2D eigenvalue weighted by molar-refractivity contribution is 7.13. The lowest BCUT2D eigenvalue weighted by atomic mass is 9.98. The summed E-state index contributed by atoms with van der Waals surface area (Å²) in [6.07, 6.45) is 12.2. The van der Waals surface area contributed by atoms with Gasteiger partial charge in [-0.15, -0.1) is 11.3 Å². The monoisotopic (exact) mass is 320 g/mol. The Bertz CT molecular complexity index is 490. The molecule has 0 unspecified atom stereocenters. The summed E-state index contributed by atoms with van der Waals surface area (Å²) in [6, 6.07) is 0. The van der Waals surface area contributed by atoms with E-state index in [1.54, 1.807) is 0 Å². The van der Waals surface area contributed by atoms with Crippen LogP contribution in [0.3, 0.4) is 0 Å². The van der Waals surface area contributed by atoms with Gasteiger partial charge in [0.15, 0.2) is 6.29 Å². The van der Waals surface area contributed by atoms with Crippen molar-refractivity contribution in [2.24, 2.45) is 0 Å². The minimum Gasteiger partial charge on any atom is -0.298 e. The predicted octanol–water partition coefficient (Wildman–Crippen LogP) is 7.01. The summed E-state index contributed by atoms with van der Waals surface area (Å²) >= 11 is 1.81. The average molecular weight is 321 g/mol. The van der Waals surface area contributed by atoms with Crippen molar-refractivity contribution in [1.82, 2.24) is 0 Å². The molecule has 1 nitrogen and oxygen atoms in total. The smallest absolute Gasteiger partial charge is 0.151 e. The topological polar surface area (TPSA) is 17.1 Å². The van der Waals surface area contributed by atoms with E-state index in [1.807, 2.05) is 11.3 Å².